The summed E-state index contributed by atoms with van der Waals surface area (Å²) in [5.41, 5.74) is 4.02. The van der Waals surface area contributed by atoms with Crippen LogP contribution in [0.4, 0.5) is 0 Å². The summed E-state index contributed by atoms with van der Waals surface area (Å²) in [4.78, 5) is 14.8. The Hall–Kier alpha value is 1.75. The molecule has 0 aliphatic rings. The van der Waals surface area contributed by atoms with Crippen LogP contribution in [0.2, 0.25) is 0 Å². The summed E-state index contributed by atoms with van der Waals surface area (Å²) < 4.78 is 9.10. The Labute approximate surface area is 77.7 Å². The summed E-state index contributed by atoms with van der Waals surface area (Å²) >= 11 is 0. The van der Waals surface area contributed by atoms with Gasteiger partial charge < -0.3 is 9.79 Å². The fraction of sp³-hybridized carbons (Fsp3) is 0. The van der Waals surface area contributed by atoms with Crippen molar-refractivity contribution in [3.8, 4) is 0 Å². The Kier molecular flexibility index (Phi) is 6.61. The van der Waals surface area contributed by atoms with E-state index < -0.39 is 7.75 Å². The molecule has 0 aliphatic heterocycles. The van der Waals surface area contributed by atoms with Gasteiger partial charge in [0.05, 0.1) is 0 Å². The van der Waals surface area contributed by atoms with Gasteiger partial charge in [-0.25, -0.2) is 10.1 Å². The van der Waals surface area contributed by atoms with Crippen molar-refractivity contribution in [1.82, 2.24) is 0 Å². The second kappa shape index (κ2) is 3.71. The van der Waals surface area contributed by atoms with E-state index in [1.807, 2.05) is 0 Å². The maximum atomic E-state index is 9.10. The SMILES string of the molecule is NP(=O)(O)O.[KH]. The molecule has 0 saturated carbocycles. The molecule has 0 radical (unpaired) electrons. The van der Waals surface area contributed by atoms with Gasteiger partial charge in [0.2, 0.25) is 0 Å². The Morgan fingerprint density at radius 2 is 1.50 bits per heavy atom. The van der Waals surface area contributed by atoms with E-state index >= 15 is 0 Å². The van der Waals surface area contributed by atoms with Crippen LogP contribution in [0.15, 0.2) is 0 Å². The molecule has 0 aliphatic carbocycles. The monoisotopic (exact) mass is 137 g/mol. The maximum absolute atomic E-state index is 9.10. The molecule has 0 spiro atoms. The van der Waals surface area contributed by atoms with Gasteiger partial charge in [-0.2, -0.15) is 0 Å². The van der Waals surface area contributed by atoms with Gasteiger partial charge in [-0.3, -0.25) is 0 Å². The van der Waals surface area contributed by atoms with E-state index in [0.717, 1.165) is 0 Å². The van der Waals surface area contributed by atoms with Gasteiger partial charge in [-0.15, -0.1) is 0 Å². The molecule has 0 unspecified atom stereocenters. The van der Waals surface area contributed by atoms with Gasteiger partial charge in [0.25, 0.3) is 0 Å². The van der Waals surface area contributed by atoms with E-state index in [1.165, 1.54) is 0 Å². The average molecular weight is 137 g/mol. The molecule has 4 nitrogen and oxygen atoms in total. The van der Waals surface area contributed by atoms with Crippen LogP contribution in [-0.2, 0) is 4.57 Å². The van der Waals surface area contributed by atoms with Crippen molar-refractivity contribution in [2.75, 3.05) is 0 Å². The zero-order valence-corrected chi connectivity index (χ0v) is 3.22. The standard InChI is InChI=1S/K.H4NO3P.H/c;1-5(2,3)4;/h;(H4,1,2,3,4);. The second-order valence-electron chi connectivity index (χ2n) is 0.589. The van der Waals surface area contributed by atoms with Crippen molar-refractivity contribution >= 4 is 59.1 Å². The molecule has 6 heteroatoms. The molecule has 0 fully saturated rings. The molecule has 0 amide bonds. The van der Waals surface area contributed by atoms with E-state index in [4.69, 9.17) is 14.4 Å². The van der Waals surface area contributed by atoms with Gasteiger partial charge >= 0.3 is 59.1 Å². The Morgan fingerprint density at radius 1 is 1.50 bits per heavy atom. The van der Waals surface area contributed by atoms with Crippen molar-refractivity contribution in [2.24, 2.45) is 5.50 Å². The van der Waals surface area contributed by atoms with Crippen LogP contribution in [0.1, 0.15) is 0 Å². The van der Waals surface area contributed by atoms with E-state index in [2.05, 4.69) is 5.50 Å². The van der Waals surface area contributed by atoms with E-state index in [1.54, 1.807) is 0 Å². The molecule has 6 heavy (non-hydrogen) atoms. The molecule has 0 atom stereocenters. The fourth-order valence-electron chi connectivity index (χ4n) is 0. The number of nitrogens with two attached hydrogens (primary N) is 1. The zero-order valence-electron chi connectivity index (χ0n) is 2.33. The molecular weight excluding hydrogens is 132 g/mol. The summed E-state index contributed by atoms with van der Waals surface area (Å²) in [7, 11) is -4.14. The topological polar surface area (TPSA) is 83.6 Å². The Balaban J connectivity index is 0. The third kappa shape index (κ3) is 42.4. The van der Waals surface area contributed by atoms with Gasteiger partial charge in [-0.1, -0.05) is 0 Å². The van der Waals surface area contributed by atoms with E-state index in [-0.39, 0.29) is 51.4 Å². The fourth-order valence-corrected chi connectivity index (χ4v) is 0. The first-order valence-corrected chi connectivity index (χ1v) is 2.52. The molecule has 0 heterocycles. The quantitative estimate of drug-likeness (QED) is 0.277. The van der Waals surface area contributed by atoms with E-state index in [0.29, 0.717) is 0 Å². The zero-order chi connectivity index (χ0) is 4.50. The Morgan fingerprint density at radius 3 is 1.50 bits per heavy atom. The predicted octanol–water partition coefficient (Wildman–Crippen LogP) is -1.61. The van der Waals surface area contributed by atoms with Gasteiger partial charge in [-0.05, 0) is 0 Å². The van der Waals surface area contributed by atoms with Crippen molar-refractivity contribution in [2.45, 2.75) is 0 Å². The van der Waals surface area contributed by atoms with Crippen LogP contribution >= 0.6 is 7.75 Å². The number of hydrogen-bond acceptors (Lipinski definition) is 1. The summed E-state index contributed by atoms with van der Waals surface area (Å²) in [6, 6.07) is 0. The van der Waals surface area contributed by atoms with Gasteiger partial charge in [0, 0.05) is 0 Å². The molecule has 0 bridgehead atoms. The molecular formula is H5KNO3P. The van der Waals surface area contributed by atoms with Crippen LogP contribution in [0.25, 0.3) is 0 Å². The van der Waals surface area contributed by atoms with Crippen molar-refractivity contribution in [1.29, 1.82) is 0 Å². The summed E-state index contributed by atoms with van der Waals surface area (Å²) in [6.45, 7) is 0. The van der Waals surface area contributed by atoms with Gasteiger partial charge in [0.15, 0.2) is 0 Å². The van der Waals surface area contributed by atoms with Crippen LogP contribution in [-0.4, -0.2) is 61.2 Å². The minimum atomic E-state index is -4.14. The van der Waals surface area contributed by atoms with Crippen molar-refractivity contribution < 1.29 is 14.4 Å². The summed E-state index contributed by atoms with van der Waals surface area (Å²) in [5, 5.41) is 0. The van der Waals surface area contributed by atoms with Crippen molar-refractivity contribution in [3.05, 3.63) is 0 Å². The predicted molar refractivity (Wildman–Crippen MR) is 23.4 cm³/mol. The van der Waals surface area contributed by atoms with Crippen LogP contribution in [0, 0.1) is 0 Å². The third-order valence-electron chi connectivity index (χ3n) is 0. The molecule has 4 N–H and O–H groups in total. The molecule has 0 aromatic heterocycles. The second-order valence-corrected chi connectivity index (χ2v) is 1.77. The van der Waals surface area contributed by atoms with Crippen LogP contribution < -0.4 is 5.50 Å². The van der Waals surface area contributed by atoms with Crippen molar-refractivity contribution in [3.63, 3.8) is 0 Å². The Bertz CT molecular complexity index is 56.9. The third-order valence-corrected chi connectivity index (χ3v) is 0. The first-order chi connectivity index (χ1) is 2.00. The van der Waals surface area contributed by atoms with Crippen LogP contribution in [0.3, 0.4) is 0 Å². The first-order valence-electron chi connectivity index (χ1n) is 0.841. The molecule has 0 rings (SSSR count). The summed E-state index contributed by atoms with van der Waals surface area (Å²) in [5.74, 6) is 0. The normalized spacial score (nSPS) is 9.83. The molecule has 0 aromatic rings. The minimum absolute atomic E-state index is 0. The van der Waals surface area contributed by atoms with Crippen LogP contribution in [0.5, 0.6) is 0 Å². The molecule has 0 saturated heterocycles. The molecule has 34 valence electrons. The number of hydrogen-bond donors (Lipinski definition) is 3. The molecule has 0 aromatic carbocycles. The average Bonchev–Trinajstić information content (AvgIpc) is 0.722. The number of rotatable bonds is 0. The summed E-state index contributed by atoms with van der Waals surface area (Å²) in [6.07, 6.45) is 0. The van der Waals surface area contributed by atoms with E-state index in [9.17, 15) is 0 Å². The van der Waals surface area contributed by atoms with Gasteiger partial charge in [0.1, 0.15) is 0 Å². The first kappa shape index (κ1) is 10.7.